The number of azo groups is 1. The first-order chi connectivity index (χ1) is 12.1. The summed E-state index contributed by atoms with van der Waals surface area (Å²) >= 11 is 5.92. The molecular weight excluding hydrogens is 344 g/mol. The SMILES string of the molecule is O=C(CNC(=O)c1ccccc1Cl)N=Nc1c(O)[nH]c2ccccc12. The molecule has 3 N–H and O–H groups in total. The molecule has 0 bridgehead atoms. The summed E-state index contributed by atoms with van der Waals surface area (Å²) in [7, 11) is 0. The van der Waals surface area contributed by atoms with Crippen LogP contribution in [0.1, 0.15) is 10.4 Å². The maximum atomic E-state index is 12.0. The lowest BCUT2D eigenvalue weighted by atomic mass is 10.2. The molecule has 2 aromatic carbocycles. The maximum absolute atomic E-state index is 12.0. The van der Waals surface area contributed by atoms with E-state index in [0.717, 1.165) is 0 Å². The molecule has 0 unspecified atom stereocenters. The molecule has 0 aliphatic rings. The maximum Gasteiger partial charge on any atom is 0.283 e. The van der Waals surface area contributed by atoms with Crippen molar-refractivity contribution < 1.29 is 14.7 Å². The van der Waals surface area contributed by atoms with Gasteiger partial charge in [0, 0.05) is 5.39 Å². The van der Waals surface area contributed by atoms with Crippen molar-refractivity contribution in [2.75, 3.05) is 6.54 Å². The zero-order valence-electron chi connectivity index (χ0n) is 12.9. The number of aromatic amines is 1. The summed E-state index contributed by atoms with van der Waals surface area (Å²) in [5.74, 6) is -1.33. The fraction of sp³-hybridized carbons (Fsp3) is 0.0588. The predicted octanol–water partition coefficient (Wildman–Crippen LogP) is 3.57. The van der Waals surface area contributed by atoms with Gasteiger partial charge in [-0.05, 0) is 18.2 Å². The largest absolute Gasteiger partial charge is 0.493 e. The second-order valence-corrected chi connectivity index (χ2v) is 5.53. The van der Waals surface area contributed by atoms with Crippen LogP contribution >= 0.6 is 11.6 Å². The first-order valence-electron chi connectivity index (χ1n) is 7.33. The number of aromatic hydroxyl groups is 1. The number of carbonyl (C=O) groups is 2. The third kappa shape index (κ3) is 3.67. The van der Waals surface area contributed by atoms with Crippen molar-refractivity contribution in [3.05, 3.63) is 59.1 Å². The van der Waals surface area contributed by atoms with E-state index >= 15 is 0 Å². The average Bonchev–Trinajstić information content (AvgIpc) is 2.93. The van der Waals surface area contributed by atoms with Gasteiger partial charge in [0.25, 0.3) is 11.8 Å². The Morgan fingerprint density at radius 2 is 1.84 bits per heavy atom. The smallest absolute Gasteiger partial charge is 0.283 e. The molecule has 0 saturated heterocycles. The summed E-state index contributed by atoms with van der Waals surface area (Å²) < 4.78 is 0. The highest BCUT2D eigenvalue weighted by atomic mass is 35.5. The molecule has 0 aliphatic heterocycles. The zero-order valence-corrected chi connectivity index (χ0v) is 13.6. The number of halogens is 1. The predicted molar refractivity (Wildman–Crippen MR) is 93.3 cm³/mol. The number of amides is 2. The van der Waals surface area contributed by atoms with Crippen LogP contribution in [0.5, 0.6) is 5.88 Å². The summed E-state index contributed by atoms with van der Waals surface area (Å²) in [6.07, 6.45) is 0. The van der Waals surface area contributed by atoms with Crippen molar-refractivity contribution in [1.82, 2.24) is 10.3 Å². The fourth-order valence-corrected chi connectivity index (χ4v) is 2.47. The monoisotopic (exact) mass is 356 g/mol. The molecule has 3 aromatic rings. The van der Waals surface area contributed by atoms with Gasteiger partial charge < -0.3 is 15.4 Å². The standard InChI is InChI=1S/C17H13ClN4O3/c18-12-7-3-1-5-10(12)16(24)19-9-14(23)21-22-15-11-6-2-4-8-13(11)20-17(15)25/h1-8,20,25H,9H2,(H,19,24). The highest BCUT2D eigenvalue weighted by Gasteiger charge is 2.12. The van der Waals surface area contributed by atoms with Gasteiger partial charge in [0.15, 0.2) is 5.69 Å². The van der Waals surface area contributed by atoms with Crippen molar-refractivity contribution in [3.63, 3.8) is 0 Å². The summed E-state index contributed by atoms with van der Waals surface area (Å²) in [5.41, 5.74) is 1.11. The van der Waals surface area contributed by atoms with E-state index in [1.807, 2.05) is 0 Å². The van der Waals surface area contributed by atoms with Crippen LogP contribution in [0.2, 0.25) is 5.02 Å². The molecule has 2 amide bonds. The van der Waals surface area contributed by atoms with Gasteiger partial charge in [0.05, 0.1) is 16.1 Å². The quantitative estimate of drug-likeness (QED) is 0.622. The van der Waals surface area contributed by atoms with Crippen molar-refractivity contribution in [2.45, 2.75) is 0 Å². The molecular formula is C17H13ClN4O3. The molecule has 0 atom stereocenters. The van der Waals surface area contributed by atoms with Gasteiger partial charge >= 0.3 is 0 Å². The minimum Gasteiger partial charge on any atom is -0.493 e. The number of nitrogens with zero attached hydrogens (tertiary/aromatic N) is 2. The minimum absolute atomic E-state index is 0.168. The lowest BCUT2D eigenvalue weighted by Gasteiger charge is -2.03. The van der Waals surface area contributed by atoms with Crippen LogP contribution in [0.15, 0.2) is 58.8 Å². The molecule has 1 heterocycles. The van der Waals surface area contributed by atoms with E-state index < -0.39 is 11.8 Å². The van der Waals surface area contributed by atoms with Gasteiger partial charge in [0.2, 0.25) is 5.88 Å². The molecule has 0 spiro atoms. The first-order valence-corrected chi connectivity index (χ1v) is 7.71. The molecule has 0 fully saturated rings. The van der Waals surface area contributed by atoms with Crippen molar-refractivity contribution >= 4 is 40.0 Å². The summed E-state index contributed by atoms with van der Waals surface area (Å²) in [5, 5.41) is 20.5. The van der Waals surface area contributed by atoms with Crippen LogP contribution in [-0.2, 0) is 4.79 Å². The Bertz CT molecular complexity index is 981. The lowest BCUT2D eigenvalue weighted by Crippen LogP contribution is -2.28. The van der Waals surface area contributed by atoms with Crippen LogP contribution in [0.25, 0.3) is 10.9 Å². The van der Waals surface area contributed by atoms with Gasteiger partial charge in [-0.1, -0.05) is 41.9 Å². The Morgan fingerprint density at radius 1 is 1.12 bits per heavy atom. The van der Waals surface area contributed by atoms with Crippen LogP contribution in [0.3, 0.4) is 0 Å². The summed E-state index contributed by atoms with van der Waals surface area (Å²) in [6, 6.07) is 13.6. The Labute approximate surface area is 147 Å². The average molecular weight is 357 g/mol. The van der Waals surface area contributed by atoms with Crippen LogP contribution in [0.4, 0.5) is 5.69 Å². The number of carbonyl (C=O) groups excluding carboxylic acids is 2. The highest BCUT2D eigenvalue weighted by Crippen LogP contribution is 2.35. The zero-order chi connectivity index (χ0) is 17.8. The first kappa shape index (κ1) is 16.7. The molecule has 0 saturated carbocycles. The number of para-hydroxylation sites is 1. The fourth-order valence-electron chi connectivity index (χ4n) is 2.25. The van der Waals surface area contributed by atoms with Crippen molar-refractivity contribution in [1.29, 1.82) is 0 Å². The molecule has 3 rings (SSSR count). The Morgan fingerprint density at radius 3 is 2.64 bits per heavy atom. The van der Waals surface area contributed by atoms with Crippen LogP contribution in [0, 0.1) is 0 Å². The van der Waals surface area contributed by atoms with Gasteiger partial charge in [-0.2, -0.15) is 0 Å². The summed E-state index contributed by atoms with van der Waals surface area (Å²) in [6.45, 7) is -0.337. The van der Waals surface area contributed by atoms with Crippen LogP contribution < -0.4 is 5.32 Å². The molecule has 0 radical (unpaired) electrons. The van der Waals surface area contributed by atoms with E-state index in [9.17, 15) is 14.7 Å². The second kappa shape index (κ2) is 7.14. The van der Waals surface area contributed by atoms with E-state index in [-0.39, 0.29) is 28.7 Å². The number of H-pyrrole nitrogens is 1. The molecule has 0 aliphatic carbocycles. The molecule has 1 aromatic heterocycles. The number of nitrogens with one attached hydrogen (secondary N) is 2. The lowest BCUT2D eigenvalue weighted by molar-refractivity contribution is -0.117. The van der Waals surface area contributed by atoms with E-state index in [1.165, 1.54) is 0 Å². The van der Waals surface area contributed by atoms with E-state index in [1.54, 1.807) is 48.5 Å². The topological polar surface area (TPSA) is 107 Å². The van der Waals surface area contributed by atoms with Gasteiger partial charge in [-0.15, -0.1) is 10.2 Å². The number of benzene rings is 2. The number of rotatable bonds is 4. The third-order valence-electron chi connectivity index (χ3n) is 3.44. The molecule has 8 heteroatoms. The van der Waals surface area contributed by atoms with E-state index in [4.69, 9.17) is 11.6 Å². The number of aromatic nitrogens is 1. The molecule has 126 valence electrons. The molecule has 7 nitrogen and oxygen atoms in total. The third-order valence-corrected chi connectivity index (χ3v) is 3.77. The second-order valence-electron chi connectivity index (χ2n) is 5.12. The number of hydrogen-bond donors (Lipinski definition) is 3. The Balaban J connectivity index is 1.66. The van der Waals surface area contributed by atoms with E-state index in [2.05, 4.69) is 20.5 Å². The summed E-state index contributed by atoms with van der Waals surface area (Å²) in [4.78, 5) is 26.5. The Hall–Kier alpha value is -3.19. The van der Waals surface area contributed by atoms with Gasteiger partial charge in [-0.25, -0.2) is 0 Å². The van der Waals surface area contributed by atoms with Crippen molar-refractivity contribution in [2.24, 2.45) is 10.2 Å². The van der Waals surface area contributed by atoms with Crippen molar-refractivity contribution in [3.8, 4) is 5.88 Å². The normalized spacial score (nSPS) is 11.1. The van der Waals surface area contributed by atoms with E-state index in [0.29, 0.717) is 10.9 Å². The minimum atomic E-state index is -0.662. The van der Waals surface area contributed by atoms with Gasteiger partial charge in [-0.3, -0.25) is 9.59 Å². The van der Waals surface area contributed by atoms with Gasteiger partial charge in [0.1, 0.15) is 6.54 Å². The number of hydrogen-bond acceptors (Lipinski definition) is 4. The van der Waals surface area contributed by atoms with Crippen LogP contribution in [-0.4, -0.2) is 28.4 Å². The highest BCUT2D eigenvalue weighted by molar-refractivity contribution is 6.33. The molecule has 25 heavy (non-hydrogen) atoms. The Kier molecular flexibility index (Phi) is 4.76. The number of fused-ring (bicyclic) bond motifs is 1.